The number of benzene rings is 6. The van der Waals surface area contributed by atoms with Crippen LogP contribution < -0.4 is 51.5 Å². The smallest absolute Gasteiger partial charge is 0.348 e. The highest BCUT2D eigenvalue weighted by molar-refractivity contribution is 7.09. The number of anilines is 3. The normalized spacial score (nSPS) is 14.1. The Balaban J connectivity index is 1.32. The van der Waals surface area contributed by atoms with E-state index in [0.717, 1.165) is 83.5 Å². The molecule has 8 aromatic rings. The van der Waals surface area contributed by atoms with Crippen molar-refractivity contribution in [2.75, 3.05) is 45.5 Å². The molecule has 2 aliphatic heterocycles. The van der Waals surface area contributed by atoms with Gasteiger partial charge in [-0.3, -0.25) is 0 Å². The molecule has 0 radical (unpaired) electrons. The zero-order valence-corrected chi connectivity index (χ0v) is 38.4. The van der Waals surface area contributed by atoms with Crippen molar-refractivity contribution in [1.29, 1.82) is 10.5 Å². The third-order valence-corrected chi connectivity index (χ3v) is 13.9. The summed E-state index contributed by atoms with van der Waals surface area (Å²) in [5.74, 6) is -0.130. The van der Waals surface area contributed by atoms with Gasteiger partial charge < -0.3 is 43.5 Å². The van der Waals surface area contributed by atoms with Gasteiger partial charge in [0.15, 0.2) is 34.1 Å². The quantitative estimate of drug-likeness (QED) is 0.126. The molecule has 0 bridgehead atoms. The third-order valence-electron chi connectivity index (χ3n) is 11.6. The van der Waals surface area contributed by atoms with Crippen LogP contribution >= 0.6 is 22.7 Å². The molecule has 0 aliphatic carbocycles. The van der Waals surface area contributed by atoms with Gasteiger partial charge in [-0.05, 0) is 106 Å². The Hall–Kier alpha value is -8.76. The van der Waals surface area contributed by atoms with E-state index in [4.69, 9.17) is 28.4 Å². The Morgan fingerprint density at radius 2 is 1.00 bits per heavy atom. The predicted molar refractivity (Wildman–Crippen MR) is 264 cm³/mol. The summed E-state index contributed by atoms with van der Waals surface area (Å²) in [5.41, 5.74) is 5.06. The molecule has 10 rings (SSSR count). The molecule has 0 spiro atoms. The number of thiophene rings is 2. The van der Waals surface area contributed by atoms with Crippen molar-refractivity contribution in [3.63, 3.8) is 0 Å². The Bertz CT molecular complexity index is 3520. The lowest BCUT2D eigenvalue weighted by Crippen LogP contribution is -2.20. The number of fused-ring (bicyclic) bond motifs is 4. The van der Waals surface area contributed by atoms with Gasteiger partial charge >= 0.3 is 11.9 Å². The number of rotatable bonds is 10. The maximum absolute atomic E-state index is 12.2. The largest absolute Gasteiger partial charge is 0.497 e. The van der Waals surface area contributed by atoms with Crippen LogP contribution in [0.15, 0.2) is 115 Å². The lowest BCUT2D eigenvalue weighted by Gasteiger charge is -2.30. The number of nitriles is 2. The molecule has 4 heterocycles. The lowest BCUT2D eigenvalue weighted by atomic mass is 9.88. The number of carboxylic acid groups (broad SMARTS) is 2. The number of hydrogen-bond acceptors (Lipinski definition) is 13. The number of hydrogen-bond donors (Lipinski definition) is 2. The van der Waals surface area contributed by atoms with Gasteiger partial charge in [-0.2, -0.15) is 10.5 Å². The second kappa shape index (κ2) is 18.5. The summed E-state index contributed by atoms with van der Waals surface area (Å²) in [7, 11) is 3.25. The molecule has 0 amide bonds. The standard InChI is InChI=1S/C54H37N3O10S2/c1-62-35-14-10-33(11-15-35)57(34-12-16-36(63-2)17-13-34)46-37-18-8-30(26-43-47-49(66-22-20-64-47)51(68-43)41(28-55)53(58)59)24-39(37)45(32-6-4-3-5-7-32)40-25-31(9-19-38(40)46)27-44-48-50(67-23-21-65-48)52(69-44)42(29-56)54(60)61/h3-19,24-27H,20-23H2,1-2H3,(H,58,59)(H,60,61)/b43-26-,44-27-,51-41+,52-42+. The van der Waals surface area contributed by atoms with Gasteiger partial charge in [0.05, 0.1) is 38.0 Å². The van der Waals surface area contributed by atoms with Crippen molar-refractivity contribution in [2.24, 2.45) is 0 Å². The van der Waals surface area contributed by atoms with Gasteiger partial charge in [-0.25, -0.2) is 9.59 Å². The zero-order chi connectivity index (χ0) is 47.8. The Morgan fingerprint density at radius 3 is 1.39 bits per heavy atom. The average molecular weight is 952 g/mol. The van der Waals surface area contributed by atoms with Crippen LogP contribution in [0, 0.1) is 22.7 Å². The van der Waals surface area contributed by atoms with E-state index in [0.29, 0.717) is 32.1 Å². The van der Waals surface area contributed by atoms with E-state index in [1.807, 2.05) is 103 Å². The number of carboxylic acids is 2. The summed E-state index contributed by atoms with van der Waals surface area (Å²) >= 11 is 2.24. The minimum atomic E-state index is -1.36. The SMILES string of the molecule is COc1ccc(N(c2ccc(OC)cc2)c2c3ccc(/C=c4\s/c(=C(\C#N)C(=O)O)c5c4OCCO5)cc3c(-c3ccccc3)c3cc(/C=c4\s/c(=C(\C#N)C(=O)O)c5c4OCCO5)ccc23)cc1. The van der Waals surface area contributed by atoms with Crippen LogP contribution in [-0.2, 0) is 9.59 Å². The summed E-state index contributed by atoms with van der Waals surface area (Å²) in [6, 6.07) is 41.7. The molecule has 340 valence electrons. The molecule has 15 heteroatoms. The molecule has 2 aliphatic rings. The Morgan fingerprint density at radius 1 is 0.580 bits per heavy atom. The van der Waals surface area contributed by atoms with E-state index in [1.165, 1.54) is 0 Å². The number of methoxy groups -OCH3 is 2. The van der Waals surface area contributed by atoms with Crippen LogP contribution in [0.3, 0.4) is 0 Å². The van der Waals surface area contributed by atoms with Gasteiger partial charge in [0.2, 0.25) is 0 Å². The number of aliphatic carboxylic acids is 2. The van der Waals surface area contributed by atoms with Crippen LogP contribution in [0.4, 0.5) is 17.1 Å². The van der Waals surface area contributed by atoms with E-state index in [1.54, 1.807) is 14.2 Å². The summed E-state index contributed by atoms with van der Waals surface area (Å²) in [6.45, 7) is 0.916. The van der Waals surface area contributed by atoms with Crippen LogP contribution in [0.2, 0.25) is 0 Å². The molecular formula is C54H37N3O10S2. The van der Waals surface area contributed by atoms with E-state index < -0.39 is 23.1 Å². The molecule has 2 aromatic heterocycles. The van der Waals surface area contributed by atoms with Crippen molar-refractivity contribution in [1.82, 2.24) is 0 Å². The van der Waals surface area contributed by atoms with E-state index in [-0.39, 0.29) is 47.0 Å². The minimum absolute atomic E-state index is 0.184. The van der Waals surface area contributed by atoms with Crippen LogP contribution in [-0.4, -0.2) is 62.8 Å². The molecular weight excluding hydrogens is 915 g/mol. The Kier molecular flexibility index (Phi) is 11.8. The van der Waals surface area contributed by atoms with E-state index in [2.05, 4.69) is 41.3 Å². The first-order valence-corrected chi connectivity index (χ1v) is 23.1. The topological polar surface area (TPSA) is 181 Å². The van der Waals surface area contributed by atoms with E-state index >= 15 is 0 Å². The molecule has 6 aromatic carbocycles. The zero-order valence-electron chi connectivity index (χ0n) is 36.8. The molecule has 0 atom stereocenters. The van der Waals surface area contributed by atoms with Crippen molar-refractivity contribution in [3.05, 3.63) is 145 Å². The van der Waals surface area contributed by atoms with Crippen LogP contribution in [0.25, 0.3) is 56.0 Å². The van der Waals surface area contributed by atoms with Crippen LogP contribution in [0.1, 0.15) is 11.1 Å². The summed E-state index contributed by atoms with van der Waals surface area (Å²) in [4.78, 5) is 26.6. The highest BCUT2D eigenvalue weighted by atomic mass is 32.1. The van der Waals surface area contributed by atoms with Gasteiger partial charge in [-0.1, -0.05) is 54.6 Å². The first-order valence-electron chi connectivity index (χ1n) is 21.4. The number of carbonyl (C=O) groups is 2. The second-order valence-electron chi connectivity index (χ2n) is 15.6. The minimum Gasteiger partial charge on any atom is -0.497 e. The molecule has 2 N–H and O–H groups in total. The van der Waals surface area contributed by atoms with Gasteiger partial charge in [0, 0.05) is 22.1 Å². The first kappa shape index (κ1) is 44.1. The predicted octanol–water partition coefficient (Wildman–Crippen LogP) is 7.99. The summed E-state index contributed by atoms with van der Waals surface area (Å²) in [5, 5.41) is 43.2. The highest BCUT2D eigenvalue weighted by Crippen LogP contribution is 2.49. The van der Waals surface area contributed by atoms with Crippen molar-refractivity contribution >= 4 is 96.5 Å². The molecule has 0 saturated carbocycles. The monoisotopic (exact) mass is 951 g/mol. The molecule has 0 fully saturated rings. The summed E-state index contributed by atoms with van der Waals surface area (Å²) in [6.07, 6.45) is 3.82. The first-order chi connectivity index (χ1) is 33.7. The van der Waals surface area contributed by atoms with Crippen molar-refractivity contribution in [3.8, 4) is 57.8 Å². The average Bonchev–Trinajstić information content (AvgIpc) is 3.92. The van der Waals surface area contributed by atoms with Gasteiger partial charge in [0.1, 0.15) is 50.1 Å². The summed E-state index contributed by atoms with van der Waals surface area (Å²) < 4.78 is 36.7. The highest BCUT2D eigenvalue weighted by Gasteiger charge is 2.26. The second-order valence-corrected chi connectivity index (χ2v) is 17.7. The lowest BCUT2D eigenvalue weighted by molar-refractivity contribution is -0.131. The van der Waals surface area contributed by atoms with Crippen LogP contribution in [0.5, 0.6) is 34.5 Å². The number of nitrogens with zero attached hydrogens (tertiary/aromatic N) is 3. The van der Waals surface area contributed by atoms with Crippen molar-refractivity contribution < 1.29 is 48.2 Å². The molecule has 13 nitrogen and oxygen atoms in total. The fourth-order valence-electron chi connectivity index (χ4n) is 8.61. The van der Waals surface area contributed by atoms with Gasteiger partial charge in [0.25, 0.3) is 0 Å². The third kappa shape index (κ3) is 8.05. The number of ether oxygens (including phenoxy) is 6. The van der Waals surface area contributed by atoms with Gasteiger partial charge in [-0.15, -0.1) is 22.7 Å². The maximum atomic E-state index is 12.2. The molecule has 0 saturated heterocycles. The fraction of sp³-hybridized carbons (Fsp3) is 0.111. The van der Waals surface area contributed by atoms with Crippen molar-refractivity contribution in [2.45, 2.75) is 0 Å². The molecule has 69 heavy (non-hydrogen) atoms. The maximum Gasteiger partial charge on any atom is 0.348 e. The fourth-order valence-corrected chi connectivity index (χ4v) is 10.9. The Labute approximate surface area is 401 Å². The van der Waals surface area contributed by atoms with E-state index in [9.17, 15) is 30.3 Å². The molecule has 0 unspecified atom stereocenters.